The number of amides is 2. The summed E-state index contributed by atoms with van der Waals surface area (Å²) in [6.45, 7) is 1.94. The minimum Gasteiger partial charge on any atom is -0.454 e. The number of carbonyl (C=O) groups excluding carboxylic acids is 2. The molecule has 2 N–H and O–H groups in total. The summed E-state index contributed by atoms with van der Waals surface area (Å²) in [5.74, 6) is -0.282. The Kier molecular flexibility index (Phi) is 4.62. The lowest BCUT2D eigenvalue weighted by molar-refractivity contribution is -0.118. The molecule has 1 aliphatic heterocycles. The van der Waals surface area contributed by atoms with Crippen molar-refractivity contribution in [2.75, 3.05) is 12.1 Å². The van der Waals surface area contributed by atoms with E-state index in [4.69, 9.17) is 15.2 Å². The van der Waals surface area contributed by atoms with Crippen LogP contribution < -0.4 is 20.5 Å². The molecule has 1 aliphatic carbocycles. The number of hydrogen-bond donors (Lipinski definition) is 1. The summed E-state index contributed by atoms with van der Waals surface area (Å²) in [6, 6.07) is 15.0. The number of aryl methyl sites for hydroxylation is 1. The predicted molar refractivity (Wildman–Crippen MR) is 116 cm³/mol. The maximum Gasteiger partial charge on any atom is 0.269 e. The van der Waals surface area contributed by atoms with E-state index in [1.54, 1.807) is 43.3 Å². The van der Waals surface area contributed by atoms with Crippen molar-refractivity contribution in [1.82, 2.24) is 5.73 Å². The van der Waals surface area contributed by atoms with E-state index in [0.29, 0.717) is 29.9 Å². The van der Waals surface area contributed by atoms with Gasteiger partial charge in [-0.2, -0.15) is 0 Å². The van der Waals surface area contributed by atoms with Gasteiger partial charge in [-0.3, -0.25) is 15.3 Å². The highest BCUT2D eigenvalue weighted by molar-refractivity contribution is 6.02. The molecule has 5 rings (SSSR count). The van der Waals surface area contributed by atoms with Crippen LogP contribution in [0.15, 0.2) is 54.6 Å². The van der Waals surface area contributed by atoms with Gasteiger partial charge in [0.2, 0.25) is 12.7 Å². The van der Waals surface area contributed by atoms with Gasteiger partial charge in [-0.1, -0.05) is 18.2 Å². The number of benzene rings is 3. The van der Waals surface area contributed by atoms with Crippen LogP contribution in [0.2, 0.25) is 0 Å². The standard InChI is InChI=1S/C25H20FN2O4/c1-14-10-19(26)20(12-18(14)15-2-4-16(5-3-15)23(27)29)28-24(30)25(8-9-25)17-6-7-21-22(11-17)32-13-31-21/h2-7,10-12,27H,8-9,13H2,1H3,(H,28,30). The Hall–Kier alpha value is -3.87. The first kappa shape index (κ1) is 20.1. The topological polar surface area (TPSA) is 88.4 Å². The van der Waals surface area contributed by atoms with Crippen LogP contribution in [0.4, 0.5) is 10.1 Å². The number of carbonyl (C=O) groups is 2. The van der Waals surface area contributed by atoms with Gasteiger partial charge in [-0.25, -0.2) is 4.39 Å². The van der Waals surface area contributed by atoms with Gasteiger partial charge in [-0.15, -0.1) is 0 Å². The van der Waals surface area contributed by atoms with E-state index >= 15 is 0 Å². The Morgan fingerprint density at radius 1 is 1.00 bits per heavy atom. The van der Waals surface area contributed by atoms with Gasteiger partial charge in [0.1, 0.15) is 5.82 Å². The van der Waals surface area contributed by atoms with Crippen molar-refractivity contribution in [2.24, 2.45) is 0 Å². The second kappa shape index (κ2) is 7.37. The molecule has 3 aromatic carbocycles. The zero-order valence-corrected chi connectivity index (χ0v) is 17.3. The lowest BCUT2D eigenvalue weighted by Gasteiger charge is -2.18. The molecule has 6 nitrogen and oxygen atoms in total. The van der Waals surface area contributed by atoms with Crippen molar-refractivity contribution < 1.29 is 23.5 Å². The first-order chi connectivity index (χ1) is 15.4. The van der Waals surface area contributed by atoms with Gasteiger partial charge in [-0.05, 0) is 78.4 Å². The van der Waals surface area contributed by atoms with E-state index in [9.17, 15) is 14.0 Å². The van der Waals surface area contributed by atoms with Crippen LogP contribution >= 0.6 is 0 Å². The minimum atomic E-state index is -0.765. The van der Waals surface area contributed by atoms with E-state index < -0.39 is 17.1 Å². The predicted octanol–water partition coefficient (Wildman–Crippen LogP) is 4.62. The van der Waals surface area contributed by atoms with Gasteiger partial charge in [0, 0.05) is 5.56 Å². The SMILES string of the molecule is Cc1cc(F)c(NC(=O)C2(c3ccc4c(c3)OCO4)CC2)cc1-c1ccc(C([NH])=O)cc1. The smallest absolute Gasteiger partial charge is 0.269 e. The Morgan fingerprint density at radius 2 is 1.72 bits per heavy atom. The molecule has 2 aliphatic rings. The molecule has 0 spiro atoms. The summed E-state index contributed by atoms with van der Waals surface area (Å²) in [4.78, 5) is 24.4. The van der Waals surface area contributed by atoms with Crippen LogP contribution in [0.25, 0.3) is 11.1 Å². The summed E-state index contributed by atoms with van der Waals surface area (Å²) in [6.07, 6.45) is 1.34. The molecular formula is C25H20FN2O4. The summed E-state index contributed by atoms with van der Waals surface area (Å²) < 4.78 is 25.5. The molecular weight excluding hydrogens is 411 g/mol. The van der Waals surface area contributed by atoms with E-state index in [1.165, 1.54) is 6.07 Å². The van der Waals surface area contributed by atoms with Crippen LogP contribution in [-0.2, 0) is 10.2 Å². The van der Waals surface area contributed by atoms with E-state index in [-0.39, 0.29) is 24.0 Å². The van der Waals surface area contributed by atoms with Crippen molar-refractivity contribution in [3.63, 3.8) is 0 Å². The third-order valence-electron chi connectivity index (χ3n) is 6.13. The number of fused-ring (bicyclic) bond motifs is 1. The number of nitrogens with one attached hydrogen (secondary N) is 2. The Bertz CT molecular complexity index is 1250. The number of anilines is 1. The van der Waals surface area contributed by atoms with Gasteiger partial charge >= 0.3 is 0 Å². The average Bonchev–Trinajstić information content (AvgIpc) is 3.46. The average molecular weight is 431 g/mol. The normalized spacial score (nSPS) is 15.3. The second-order valence-electron chi connectivity index (χ2n) is 8.16. The molecule has 0 saturated heterocycles. The largest absolute Gasteiger partial charge is 0.454 e. The molecule has 2 amide bonds. The first-order valence-electron chi connectivity index (χ1n) is 10.3. The molecule has 7 heteroatoms. The highest BCUT2D eigenvalue weighted by Crippen LogP contribution is 2.51. The monoisotopic (exact) mass is 431 g/mol. The molecule has 0 aromatic heterocycles. The van der Waals surface area contributed by atoms with Crippen molar-refractivity contribution in [3.05, 3.63) is 77.1 Å². The zero-order chi connectivity index (χ0) is 22.5. The summed E-state index contributed by atoms with van der Waals surface area (Å²) >= 11 is 0. The van der Waals surface area contributed by atoms with E-state index in [1.807, 2.05) is 12.1 Å². The van der Waals surface area contributed by atoms with Crippen LogP contribution in [0.5, 0.6) is 11.5 Å². The first-order valence-corrected chi connectivity index (χ1v) is 10.3. The summed E-state index contributed by atoms with van der Waals surface area (Å²) in [5.41, 5.74) is 9.88. The van der Waals surface area contributed by atoms with Gasteiger partial charge in [0.25, 0.3) is 5.91 Å². The molecule has 32 heavy (non-hydrogen) atoms. The van der Waals surface area contributed by atoms with Crippen LogP contribution in [-0.4, -0.2) is 18.6 Å². The molecule has 0 unspecified atom stereocenters. The van der Waals surface area contributed by atoms with E-state index in [0.717, 1.165) is 16.7 Å². The summed E-state index contributed by atoms with van der Waals surface area (Å²) in [5, 5.41) is 2.78. The fourth-order valence-electron chi connectivity index (χ4n) is 4.09. The summed E-state index contributed by atoms with van der Waals surface area (Å²) in [7, 11) is 0. The fraction of sp³-hybridized carbons (Fsp3) is 0.200. The van der Waals surface area contributed by atoms with Gasteiger partial charge < -0.3 is 14.8 Å². The molecule has 0 atom stereocenters. The molecule has 1 heterocycles. The molecule has 0 bridgehead atoms. The van der Waals surface area contributed by atoms with Crippen LogP contribution in [0.3, 0.4) is 0 Å². The highest BCUT2D eigenvalue weighted by atomic mass is 19.1. The quantitative estimate of drug-likeness (QED) is 0.638. The van der Waals surface area contributed by atoms with Crippen molar-refractivity contribution in [1.29, 1.82) is 0 Å². The molecule has 1 saturated carbocycles. The molecule has 3 aromatic rings. The third kappa shape index (κ3) is 3.36. The van der Waals surface area contributed by atoms with Gasteiger partial charge in [0.05, 0.1) is 11.1 Å². The third-order valence-corrected chi connectivity index (χ3v) is 6.13. The number of ether oxygens (including phenoxy) is 2. The number of halogens is 1. The van der Waals surface area contributed by atoms with Crippen molar-refractivity contribution in [2.45, 2.75) is 25.2 Å². The van der Waals surface area contributed by atoms with Crippen LogP contribution in [0, 0.1) is 12.7 Å². The lowest BCUT2D eigenvalue weighted by Crippen LogP contribution is -2.28. The Balaban J connectivity index is 1.43. The highest BCUT2D eigenvalue weighted by Gasteiger charge is 2.51. The second-order valence-corrected chi connectivity index (χ2v) is 8.16. The maximum atomic E-state index is 14.7. The van der Waals surface area contributed by atoms with Gasteiger partial charge in [0.15, 0.2) is 11.5 Å². The minimum absolute atomic E-state index is 0.100. The molecule has 1 radical (unpaired) electrons. The van der Waals surface area contributed by atoms with Crippen molar-refractivity contribution >= 4 is 17.5 Å². The maximum absolute atomic E-state index is 14.7. The van der Waals surface area contributed by atoms with Crippen molar-refractivity contribution in [3.8, 4) is 22.6 Å². The zero-order valence-electron chi connectivity index (χ0n) is 17.3. The fourth-order valence-corrected chi connectivity index (χ4v) is 4.09. The number of hydrogen-bond acceptors (Lipinski definition) is 4. The molecule has 1 fully saturated rings. The lowest BCUT2D eigenvalue weighted by atomic mass is 9.94. The van der Waals surface area contributed by atoms with Crippen LogP contribution in [0.1, 0.15) is 34.3 Å². The number of rotatable bonds is 5. The Labute approximate surface area is 184 Å². The molecule has 161 valence electrons. The Morgan fingerprint density at radius 3 is 2.41 bits per heavy atom. The van der Waals surface area contributed by atoms with E-state index in [2.05, 4.69) is 5.32 Å².